The summed E-state index contributed by atoms with van der Waals surface area (Å²) >= 11 is 5.77. The van der Waals surface area contributed by atoms with E-state index in [0.717, 1.165) is 0 Å². The number of halogens is 1. The van der Waals surface area contributed by atoms with Gasteiger partial charge in [-0.25, -0.2) is 0 Å². The maximum absolute atomic E-state index is 10.4. The molecule has 0 fully saturated rings. The number of anilines is 1. The number of carboxylic acids is 1. The molecule has 3 N–H and O–H groups in total. The fraction of sp³-hybridized carbons (Fsp3) is 0.111. The molecule has 0 spiro atoms. The van der Waals surface area contributed by atoms with Gasteiger partial charge < -0.3 is 10.8 Å². The average Bonchev–Trinajstić information content (AvgIpc) is 2.11. The van der Waals surface area contributed by atoms with E-state index in [4.69, 9.17) is 27.7 Å². The Hall–Kier alpha value is -1.73. The summed E-state index contributed by atoms with van der Waals surface area (Å²) in [5, 5.41) is 17.4. The third kappa shape index (κ3) is 2.15. The SMILES string of the molecule is N#Cc1cc(N)c(Cl)c(CC(=O)O)c1. The van der Waals surface area contributed by atoms with Crippen molar-refractivity contribution in [3.05, 3.63) is 28.3 Å². The molecule has 0 saturated heterocycles. The Bertz CT molecular complexity index is 424. The van der Waals surface area contributed by atoms with Crippen molar-refractivity contribution in [1.29, 1.82) is 5.26 Å². The minimum atomic E-state index is -1.01. The van der Waals surface area contributed by atoms with Gasteiger partial charge in [0.2, 0.25) is 0 Å². The van der Waals surface area contributed by atoms with Crippen molar-refractivity contribution in [2.75, 3.05) is 5.73 Å². The second kappa shape index (κ2) is 3.99. The number of carbonyl (C=O) groups is 1. The third-order valence-corrected chi connectivity index (χ3v) is 2.11. The molecule has 0 radical (unpaired) electrons. The number of nitrogen functional groups attached to an aromatic ring is 1. The van der Waals surface area contributed by atoms with Crippen LogP contribution in [0.25, 0.3) is 0 Å². The van der Waals surface area contributed by atoms with Crippen molar-refractivity contribution in [2.24, 2.45) is 0 Å². The van der Waals surface area contributed by atoms with Crippen LogP contribution in [0.1, 0.15) is 11.1 Å². The van der Waals surface area contributed by atoms with Crippen molar-refractivity contribution in [3.63, 3.8) is 0 Å². The summed E-state index contributed by atoms with van der Waals surface area (Å²) in [5.41, 5.74) is 6.39. The van der Waals surface area contributed by atoms with Crippen LogP contribution in [0, 0.1) is 11.3 Å². The lowest BCUT2D eigenvalue weighted by molar-refractivity contribution is -0.136. The molecule has 1 aromatic carbocycles. The summed E-state index contributed by atoms with van der Waals surface area (Å²) in [4.78, 5) is 10.4. The molecule has 0 heterocycles. The Labute approximate surface area is 85.5 Å². The zero-order valence-electron chi connectivity index (χ0n) is 7.12. The highest BCUT2D eigenvalue weighted by molar-refractivity contribution is 6.34. The van der Waals surface area contributed by atoms with Gasteiger partial charge in [-0.15, -0.1) is 0 Å². The molecule has 14 heavy (non-hydrogen) atoms. The molecule has 1 rings (SSSR count). The number of carboxylic acid groups (broad SMARTS) is 1. The number of nitrogens with two attached hydrogens (primary N) is 1. The van der Waals surface area contributed by atoms with Gasteiger partial charge in [0.15, 0.2) is 0 Å². The van der Waals surface area contributed by atoms with Gasteiger partial charge in [-0.2, -0.15) is 5.26 Å². The minimum Gasteiger partial charge on any atom is -0.481 e. The Morgan fingerprint density at radius 3 is 2.79 bits per heavy atom. The van der Waals surface area contributed by atoms with Gasteiger partial charge in [0.1, 0.15) is 0 Å². The Kier molecular flexibility index (Phi) is 2.95. The van der Waals surface area contributed by atoms with E-state index in [-0.39, 0.29) is 17.1 Å². The molecule has 0 aliphatic rings. The second-order valence-electron chi connectivity index (χ2n) is 2.72. The summed E-state index contributed by atoms with van der Waals surface area (Å²) in [7, 11) is 0. The number of nitriles is 1. The van der Waals surface area contributed by atoms with Gasteiger partial charge in [0.25, 0.3) is 0 Å². The summed E-state index contributed by atoms with van der Waals surface area (Å²) in [6.45, 7) is 0. The normalized spacial score (nSPS) is 9.43. The molecule has 0 amide bonds. The van der Waals surface area contributed by atoms with Crippen LogP contribution in [-0.4, -0.2) is 11.1 Å². The predicted octanol–water partition coefficient (Wildman–Crippen LogP) is 1.42. The zero-order valence-corrected chi connectivity index (χ0v) is 7.88. The van der Waals surface area contributed by atoms with Crippen molar-refractivity contribution in [1.82, 2.24) is 0 Å². The largest absolute Gasteiger partial charge is 0.481 e. The Balaban J connectivity index is 3.21. The standard InChI is InChI=1S/C9H7ClN2O2/c10-9-6(3-8(13)14)1-5(4-11)2-7(9)12/h1-2H,3,12H2,(H,13,14). The van der Waals surface area contributed by atoms with Crippen LogP contribution < -0.4 is 5.73 Å². The van der Waals surface area contributed by atoms with Gasteiger partial charge in [-0.1, -0.05) is 11.6 Å². The molecule has 0 atom stereocenters. The number of hydrogen-bond donors (Lipinski definition) is 2. The maximum atomic E-state index is 10.4. The van der Waals surface area contributed by atoms with E-state index in [1.165, 1.54) is 12.1 Å². The first-order chi connectivity index (χ1) is 6.54. The van der Waals surface area contributed by atoms with E-state index >= 15 is 0 Å². The number of nitrogens with zero attached hydrogens (tertiary/aromatic N) is 1. The molecule has 5 heteroatoms. The van der Waals surface area contributed by atoms with Crippen LogP contribution in [0.5, 0.6) is 0 Å². The fourth-order valence-electron chi connectivity index (χ4n) is 1.07. The highest BCUT2D eigenvalue weighted by Crippen LogP contribution is 2.25. The van der Waals surface area contributed by atoms with E-state index in [2.05, 4.69) is 0 Å². The highest BCUT2D eigenvalue weighted by atomic mass is 35.5. The Morgan fingerprint density at radius 1 is 1.64 bits per heavy atom. The first kappa shape index (κ1) is 10.4. The predicted molar refractivity (Wildman–Crippen MR) is 51.9 cm³/mol. The van der Waals surface area contributed by atoms with Crippen LogP contribution in [0.2, 0.25) is 5.02 Å². The molecule has 1 aromatic rings. The highest BCUT2D eigenvalue weighted by Gasteiger charge is 2.09. The topological polar surface area (TPSA) is 87.1 Å². The van der Waals surface area contributed by atoms with E-state index in [0.29, 0.717) is 11.1 Å². The number of benzene rings is 1. The molecule has 4 nitrogen and oxygen atoms in total. The summed E-state index contributed by atoms with van der Waals surface area (Å²) < 4.78 is 0. The minimum absolute atomic E-state index is 0.200. The molecule has 0 bridgehead atoms. The number of hydrogen-bond acceptors (Lipinski definition) is 3. The molecule has 0 aliphatic heterocycles. The van der Waals surface area contributed by atoms with Crippen molar-refractivity contribution in [3.8, 4) is 6.07 Å². The zero-order chi connectivity index (χ0) is 10.7. The third-order valence-electron chi connectivity index (χ3n) is 1.65. The van der Waals surface area contributed by atoms with Crippen molar-refractivity contribution in [2.45, 2.75) is 6.42 Å². The first-order valence-corrected chi connectivity index (χ1v) is 4.12. The van der Waals surface area contributed by atoms with Crippen LogP contribution in [0.3, 0.4) is 0 Å². The van der Waals surface area contributed by atoms with Crippen LogP contribution >= 0.6 is 11.6 Å². The molecular weight excluding hydrogens is 204 g/mol. The quantitative estimate of drug-likeness (QED) is 0.723. The molecule has 0 aromatic heterocycles. The first-order valence-electron chi connectivity index (χ1n) is 3.74. The molecule has 0 aliphatic carbocycles. The van der Waals surface area contributed by atoms with E-state index in [1.54, 1.807) is 0 Å². The number of rotatable bonds is 2. The summed E-state index contributed by atoms with van der Waals surface area (Å²) in [6, 6.07) is 4.71. The van der Waals surface area contributed by atoms with Gasteiger partial charge in [0.05, 0.1) is 28.8 Å². The van der Waals surface area contributed by atoms with E-state index < -0.39 is 5.97 Å². The average molecular weight is 211 g/mol. The molecule has 0 saturated carbocycles. The summed E-state index contributed by atoms with van der Waals surface area (Å²) in [6.07, 6.45) is -0.238. The van der Waals surface area contributed by atoms with E-state index in [9.17, 15) is 4.79 Å². The lowest BCUT2D eigenvalue weighted by atomic mass is 10.1. The van der Waals surface area contributed by atoms with Crippen molar-refractivity contribution < 1.29 is 9.90 Å². The number of aliphatic carboxylic acids is 1. The van der Waals surface area contributed by atoms with Gasteiger partial charge in [-0.3, -0.25) is 4.79 Å². The molecule has 72 valence electrons. The smallest absolute Gasteiger partial charge is 0.307 e. The van der Waals surface area contributed by atoms with Crippen molar-refractivity contribution >= 4 is 23.3 Å². The van der Waals surface area contributed by atoms with Crippen LogP contribution in [0.4, 0.5) is 5.69 Å². The van der Waals surface area contributed by atoms with Gasteiger partial charge in [0, 0.05) is 0 Å². The van der Waals surface area contributed by atoms with Crippen LogP contribution in [0.15, 0.2) is 12.1 Å². The van der Waals surface area contributed by atoms with E-state index in [1.807, 2.05) is 6.07 Å². The lowest BCUT2D eigenvalue weighted by Crippen LogP contribution is -2.02. The maximum Gasteiger partial charge on any atom is 0.307 e. The monoisotopic (exact) mass is 210 g/mol. The lowest BCUT2D eigenvalue weighted by Gasteiger charge is -2.04. The van der Waals surface area contributed by atoms with Gasteiger partial charge in [-0.05, 0) is 17.7 Å². The fourth-order valence-corrected chi connectivity index (χ4v) is 1.24. The Morgan fingerprint density at radius 2 is 2.29 bits per heavy atom. The second-order valence-corrected chi connectivity index (χ2v) is 3.10. The molecular formula is C9H7ClN2O2. The summed E-state index contributed by atoms with van der Waals surface area (Å²) in [5.74, 6) is -1.01. The van der Waals surface area contributed by atoms with Gasteiger partial charge >= 0.3 is 5.97 Å². The van der Waals surface area contributed by atoms with Crippen LogP contribution in [-0.2, 0) is 11.2 Å². The molecule has 0 unspecified atom stereocenters.